The molecule has 1 aliphatic heterocycles. The Morgan fingerprint density at radius 1 is 1.00 bits per heavy atom. The van der Waals surface area contributed by atoms with Gasteiger partial charge >= 0.3 is 0 Å². The fourth-order valence-corrected chi connectivity index (χ4v) is 6.06. The van der Waals surface area contributed by atoms with Crippen molar-refractivity contribution in [2.45, 2.75) is 46.3 Å². The molecule has 1 heterocycles. The van der Waals surface area contributed by atoms with Crippen molar-refractivity contribution in [3.8, 4) is 5.75 Å². The second kappa shape index (κ2) is 10.3. The van der Waals surface area contributed by atoms with Gasteiger partial charge in [0.05, 0.1) is 8.95 Å². The minimum absolute atomic E-state index is 0.0211. The molecular formula is C23H26Br3FN2O2. The Labute approximate surface area is 208 Å². The topological polar surface area (TPSA) is 32.8 Å². The third kappa shape index (κ3) is 5.52. The second-order valence-electron chi connectivity index (χ2n) is 8.11. The molecule has 0 spiro atoms. The van der Waals surface area contributed by atoms with Crippen LogP contribution >= 0.6 is 47.8 Å². The van der Waals surface area contributed by atoms with E-state index in [2.05, 4.69) is 66.5 Å². The predicted octanol–water partition coefficient (Wildman–Crippen LogP) is 6.23. The Kier molecular flexibility index (Phi) is 8.21. The van der Waals surface area contributed by atoms with Crippen molar-refractivity contribution in [2.24, 2.45) is 0 Å². The van der Waals surface area contributed by atoms with E-state index in [1.54, 1.807) is 0 Å². The normalized spacial score (nSPS) is 19.5. The molecule has 3 rings (SSSR count). The molecule has 1 fully saturated rings. The Balaban J connectivity index is 1.64. The third-order valence-corrected chi connectivity index (χ3v) is 8.89. The summed E-state index contributed by atoms with van der Waals surface area (Å²) in [5.41, 5.74) is 3.12. The highest BCUT2D eigenvalue weighted by molar-refractivity contribution is 9.11. The average molecular weight is 621 g/mol. The lowest BCUT2D eigenvalue weighted by molar-refractivity contribution is -0.139. The number of nitrogens with zero attached hydrogens (tertiary/aromatic N) is 2. The number of hydrogen-bond acceptors (Lipinski definition) is 3. The Bertz CT molecular complexity index is 939. The second-order valence-corrected chi connectivity index (χ2v) is 10.5. The molecule has 2 atom stereocenters. The zero-order valence-electron chi connectivity index (χ0n) is 18.0. The maximum atomic E-state index is 13.2. The zero-order chi connectivity index (χ0) is 22.9. The number of benzene rings is 2. The van der Waals surface area contributed by atoms with E-state index in [1.165, 1.54) is 12.1 Å². The summed E-state index contributed by atoms with van der Waals surface area (Å²) in [5, 5.41) is 0. The molecule has 0 unspecified atom stereocenters. The molecule has 31 heavy (non-hydrogen) atoms. The molecule has 1 amide bonds. The van der Waals surface area contributed by atoms with Crippen molar-refractivity contribution in [1.82, 2.24) is 9.80 Å². The highest BCUT2D eigenvalue weighted by Gasteiger charge is 2.32. The van der Waals surface area contributed by atoms with Gasteiger partial charge in [0.2, 0.25) is 0 Å². The number of ether oxygens (including phenoxy) is 1. The van der Waals surface area contributed by atoms with Crippen molar-refractivity contribution < 1.29 is 13.9 Å². The monoisotopic (exact) mass is 618 g/mol. The smallest absolute Gasteiger partial charge is 0.260 e. The van der Waals surface area contributed by atoms with Crippen LogP contribution in [0.5, 0.6) is 5.75 Å². The maximum absolute atomic E-state index is 13.2. The summed E-state index contributed by atoms with van der Waals surface area (Å²) in [7, 11) is 0. The van der Waals surface area contributed by atoms with Gasteiger partial charge in [-0.1, -0.05) is 28.1 Å². The first-order chi connectivity index (χ1) is 14.6. The highest BCUT2D eigenvalue weighted by Crippen LogP contribution is 2.43. The zero-order valence-corrected chi connectivity index (χ0v) is 22.8. The standard InChI is InChI=1S/C23H26Br3FN2O2/c1-13-10-29(14(2)9-28(13)11-17-5-7-18(27)8-6-17)19(30)12-31-23-21(25)15(3)20(24)16(4)22(23)26/h5-8,13-14H,9-12H2,1-4H3/t13-,14+/m1/s1. The lowest BCUT2D eigenvalue weighted by Crippen LogP contribution is -2.58. The SMILES string of the molecule is Cc1c(Br)c(C)c(Br)c(OCC(=O)N2C[C@@H](C)N(Cc3ccc(F)cc3)C[C@@H]2C)c1Br. The van der Waals surface area contributed by atoms with Crippen molar-refractivity contribution in [3.05, 3.63) is 60.2 Å². The molecule has 8 heteroatoms. The first-order valence-electron chi connectivity index (χ1n) is 10.1. The van der Waals surface area contributed by atoms with Crippen LogP contribution in [0, 0.1) is 19.7 Å². The number of carbonyl (C=O) groups excluding carboxylic acids is 1. The Morgan fingerprint density at radius 3 is 2.16 bits per heavy atom. The molecule has 1 saturated heterocycles. The first-order valence-corrected chi connectivity index (χ1v) is 12.5. The first kappa shape index (κ1) is 24.7. The predicted molar refractivity (Wildman–Crippen MR) is 132 cm³/mol. The van der Waals surface area contributed by atoms with Crippen LogP contribution in [-0.4, -0.2) is 47.5 Å². The van der Waals surface area contributed by atoms with Gasteiger partial charge in [0.25, 0.3) is 5.91 Å². The molecule has 1 aliphatic rings. The Morgan fingerprint density at radius 2 is 1.58 bits per heavy atom. The van der Waals surface area contributed by atoms with E-state index in [0.717, 1.165) is 43.2 Å². The van der Waals surface area contributed by atoms with Gasteiger partial charge in [0.1, 0.15) is 11.6 Å². The van der Waals surface area contributed by atoms with Crippen LogP contribution in [0.1, 0.15) is 30.5 Å². The van der Waals surface area contributed by atoms with Gasteiger partial charge in [-0.05, 0) is 88.4 Å². The van der Waals surface area contributed by atoms with E-state index in [9.17, 15) is 9.18 Å². The minimum Gasteiger partial charge on any atom is -0.481 e. The van der Waals surface area contributed by atoms with Gasteiger partial charge in [-0.3, -0.25) is 9.69 Å². The lowest BCUT2D eigenvalue weighted by atomic mass is 10.1. The molecule has 0 aromatic heterocycles. The number of carbonyl (C=O) groups is 1. The number of halogens is 4. The summed E-state index contributed by atoms with van der Waals surface area (Å²) in [6, 6.07) is 6.87. The molecular weight excluding hydrogens is 595 g/mol. The van der Waals surface area contributed by atoms with E-state index in [-0.39, 0.29) is 30.4 Å². The van der Waals surface area contributed by atoms with Gasteiger partial charge in [0, 0.05) is 36.2 Å². The fraction of sp³-hybridized carbons (Fsp3) is 0.435. The van der Waals surface area contributed by atoms with Crippen molar-refractivity contribution in [2.75, 3.05) is 19.7 Å². The largest absolute Gasteiger partial charge is 0.481 e. The van der Waals surface area contributed by atoms with Gasteiger partial charge in [-0.15, -0.1) is 0 Å². The molecule has 0 saturated carbocycles. The molecule has 0 radical (unpaired) electrons. The Hall–Kier alpha value is -0.960. The number of rotatable bonds is 5. The van der Waals surface area contributed by atoms with E-state index in [4.69, 9.17) is 4.74 Å². The van der Waals surface area contributed by atoms with Crippen molar-refractivity contribution in [3.63, 3.8) is 0 Å². The van der Waals surface area contributed by atoms with Gasteiger partial charge in [-0.2, -0.15) is 0 Å². The molecule has 0 N–H and O–H groups in total. The summed E-state index contributed by atoms with van der Waals surface area (Å²) < 4.78 is 21.8. The summed E-state index contributed by atoms with van der Waals surface area (Å²) in [4.78, 5) is 17.2. The molecule has 168 valence electrons. The number of hydrogen-bond donors (Lipinski definition) is 0. The molecule has 0 aliphatic carbocycles. The average Bonchev–Trinajstić information content (AvgIpc) is 2.74. The van der Waals surface area contributed by atoms with Gasteiger partial charge in [0.15, 0.2) is 6.61 Å². The quantitative estimate of drug-likeness (QED) is 0.397. The summed E-state index contributed by atoms with van der Waals surface area (Å²) in [6.07, 6.45) is 0. The van der Waals surface area contributed by atoms with Crippen LogP contribution in [0.15, 0.2) is 37.7 Å². The molecule has 0 bridgehead atoms. The number of amides is 1. The molecule has 2 aromatic carbocycles. The van der Waals surface area contributed by atoms with Crippen LogP contribution < -0.4 is 4.74 Å². The van der Waals surface area contributed by atoms with Crippen LogP contribution in [0.2, 0.25) is 0 Å². The third-order valence-electron chi connectivity index (χ3n) is 5.79. The van der Waals surface area contributed by atoms with Crippen LogP contribution in [-0.2, 0) is 11.3 Å². The van der Waals surface area contributed by atoms with Crippen molar-refractivity contribution >= 4 is 53.7 Å². The summed E-state index contributed by atoms with van der Waals surface area (Å²) in [5.74, 6) is 0.384. The van der Waals surface area contributed by atoms with Crippen LogP contribution in [0.25, 0.3) is 0 Å². The van der Waals surface area contributed by atoms with Crippen molar-refractivity contribution in [1.29, 1.82) is 0 Å². The van der Waals surface area contributed by atoms with E-state index in [0.29, 0.717) is 12.3 Å². The van der Waals surface area contributed by atoms with Gasteiger partial charge < -0.3 is 9.64 Å². The lowest BCUT2D eigenvalue weighted by Gasteiger charge is -2.44. The van der Waals surface area contributed by atoms with E-state index < -0.39 is 0 Å². The van der Waals surface area contributed by atoms with E-state index >= 15 is 0 Å². The molecule has 4 nitrogen and oxygen atoms in total. The van der Waals surface area contributed by atoms with Gasteiger partial charge in [-0.25, -0.2) is 4.39 Å². The number of piperazine rings is 1. The summed E-state index contributed by atoms with van der Waals surface area (Å²) in [6.45, 7) is 10.3. The maximum Gasteiger partial charge on any atom is 0.260 e. The summed E-state index contributed by atoms with van der Waals surface area (Å²) >= 11 is 10.8. The molecule has 2 aromatic rings. The van der Waals surface area contributed by atoms with Crippen LogP contribution in [0.3, 0.4) is 0 Å². The highest BCUT2D eigenvalue weighted by atomic mass is 79.9. The fourth-order valence-electron chi connectivity index (χ4n) is 3.84. The van der Waals surface area contributed by atoms with E-state index in [1.807, 2.05) is 30.9 Å². The minimum atomic E-state index is -0.227. The van der Waals surface area contributed by atoms with Crippen LogP contribution in [0.4, 0.5) is 4.39 Å².